The number of morpholine rings is 1. The smallest absolute Gasteiger partial charge is 0.379 e. The molecular formula is C27H30F3N5O2. The fraction of sp³-hybridized carbons (Fsp3) is 0.481. The minimum absolute atomic E-state index is 0.151. The lowest BCUT2D eigenvalue weighted by atomic mass is 9.82. The molecule has 2 fully saturated rings. The number of alkyl halides is 3. The van der Waals surface area contributed by atoms with E-state index in [1.54, 1.807) is 6.07 Å². The normalized spacial score (nSPS) is 22.1. The molecule has 196 valence electrons. The molecule has 3 heterocycles. The van der Waals surface area contributed by atoms with E-state index in [0.717, 1.165) is 30.5 Å². The first-order valence-electron chi connectivity index (χ1n) is 12.6. The Morgan fingerprint density at radius 1 is 1.08 bits per heavy atom. The lowest BCUT2D eigenvalue weighted by Crippen LogP contribution is -2.61. The summed E-state index contributed by atoms with van der Waals surface area (Å²) in [5.74, 6) is -0.667. The molecule has 0 radical (unpaired) electrons. The van der Waals surface area contributed by atoms with Crippen LogP contribution in [-0.4, -0.2) is 75.9 Å². The Morgan fingerprint density at radius 2 is 1.86 bits per heavy atom. The first-order chi connectivity index (χ1) is 17.8. The van der Waals surface area contributed by atoms with E-state index in [-0.39, 0.29) is 18.4 Å². The van der Waals surface area contributed by atoms with Crippen molar-refractivity contribution in [3.63, 3.8) is 0 Å². The molecule has 2 saturated heterocycles. The molecule has 3 aliphatic rings. The van der Waals surface area contributed by atoms with E-state index in [9.17, 15) is 23.2 Å². The number of anilines is 2. The number of amides is 1. The van der Waals surface area contributed by atoms with Crippen molar-refractivity contribution in [1.82, 2.24) is 10.2 Å². The molecule has 2 atom stereocenters. The van der Waals surface area contributed by atoms with Gasteiger partial charge in [0.2, 0.25) is 5.91 Å². The summed E-state index contributed by atoms with van der Waals surface area (Å²) in [6.45, 7) is 5.79. The first kappa shape index (κ1) is 25.4. The summed E-state index contributed by atoms with van der Waals surface area (Å²) < 4.78 is 45.8. The van der Waals surface area contributed by atoms with Gasteiger partial charge in [-0.2, -0.15) is 18.4 Å². The van der Waals surface area contributed by atoms with Crippen molar-refractivity contribution in [1.29, 1.82) is 5.26 Å². The minimum atomic E-state index is -4.44. The SMILES string of the molecule is N#Cc1ccccc1N1CCN2c3ccc(C(F)(F)F)cc3C[C@@H](C(=O)NCCN3CCOCC3)[C@@H]2C1. The van der Waals surface area contributed by atoms with Gasteiger partial charge < -0.3 is 19.9 Å². The summed E-state index contributed by atoms with van der Waals surface area (Å²) in [5.41, 5.74) is 1.98. The van der Waals surface area contributed by atoms with Gasteiger partial charge in [-0.15, -0.1) is 0 Å². The van der Waals surface area contributed by atoms with Crippen LogP contribution < -0.4 is 15.1 Å². The van der Waals surface area contributed by atoms with Crippen LogP contribution in [-0.2, 0) is 22.1 Å². The average molecular weight is 514 g/mol. The van der Waals surface area contributed by atoms with Gasteiger partial charge in [-0.05, 0) is 42.3 Å². The van der Waals surface area contributed by atoms with Crippen molar-refractivity contribution in [2.45, 2.75) is 18.6 Å². The first-order valence-corrected chi connectivity index (χ1v) is 12.6. The number of fused-ring (bicyclic) bond motifs is 3. The van der Waals surface area contributed by atoms with Crippen LogP contribution in [0.4, 0.5) is 24.5 Å². The third kappa shape index (κ3) is 5.38. The van der Waals surface area contributed by atoms with Gasteiger partial charge in [-0.3, -0.25) is 9.69 Å². The van der Waals surface area contributed by atoms with Crippen LogP contribution in [0.3, 0.4) is 0 Å². The van der Waals surface area contributed by atoms with E-state index in [1.165, 1.54) is 12.1 Å². The Labute approximate surface area is 214 Å². The summed E-state index contributed by atoms with van der Waals surface area (Å²) >= 11 is 0. The fourth-order valence-corrected chi connectivity index (χ4v) is 5.66. The average Bonchev–Trinajstić information content (AvgIpc) is 2.92. The Morgan fingerprint density at radius 3 is 2.62 bits per heavy atom. The predicted molar refractivity (Wildman–Crippen MR) is 133 cm³/mol. The summed E-state index contributed by atoms with van der Waals surface area (Å²) in [4.78, 5) is 19.9. The molecule has 1 N–H and O–H groups in total. The number of carbonyl (C=O) groups is 1. The highest BCUT2D eigenvalue weighted by Gasteiger charge is 2.43. The van der Waals surface area contributed by atoms with Crippen LogP contribution in [0, 0.1) is 17.2 Å². The number of ether oxygens (including phenoxy) is 1. The number of hydrogen-bond acceptors (Lipinski definition) is 6. The highest BCUT2D eigenvalue weighted by Crippen LogP contribution is 2.40. The molecular weight excluding hydrogens is 483 g/mol. The molecule has 0 aromatic heterocycles. The largest absolute Gasteiger partial charge is 0.416 e. The van der Waals surface area contributed by atoms with Crippen LogP contribution in [0.25, 0.3) is 0 Å². The maximum atomic E-state index is 13.5. The van der Waals surface area contributed by atoms with E-state index in [1.807, 2.05) is 18.2 Å². The molecule has 2 aromatic carbocycles. The van der Waals surface area contributed by atoms with E-state index < -0.39 is 17.7 Å². The van der Waals surface area contributed by atoms with E-state index in [2.05, 4.69) is 26.1 Å². The summed E-state index contributed by atoms with van der Waals surface area (Å²) in [6, 6.07) is 13.2. The second-order valence-electron chi connectivity index (χ2n) is 9.73. The molecule has 3 aliphatic heterocycles. The van der Waals surface area contributed by atoms with Gasteiger partial charge in [0.25, 0.3) is 0 Å². The van der Waals surface area contributed by atoms with Gasteiger partial charge >= 0.3 is 6.18 Å². The second-order valence-corrected chi connectivity index (χ2v) is 9.73. The van der Waals surface area contributed by atoms with E-state index >= 15 is 0 Å². The lowest BCUT2D eigenvalue weighted by Gasteiger charge is -2.50. The molecule has 5 rings (SSSR count). The Balaban J connectivity index is 1.39. The number of nitrogens with zero attached hydrogens (tertiary/aromatic N) is 4. The van der Waals surface area contributed by atoms with Crippen molar-refractivity contribution in [3.8, 4) is 6.07 Å². The third-order valence-corrected chi connectivity index (χ3v) is 7.57. The molecule has 0 spiro atoms. The molecule has 0 aliphatic carbocycles. The second kappa shape index (κ2) is 10.6. The lowest BCUT2D eigenvalue weighted by molar-refractivity contribution is -0.137. The minimum Gasteiger partial charge on any atom is -0.379 e. The van der Waals surface area contributed by atoms with Gasteiger partial charge in [0.05, 0.1) is 42.0 Å². The molecule has 7 nitrogen and oxygen atoms in total. The van der Waals surface area contributed by atoms with Gasteiger partial charge in [0, 0.05) is 51.5 Å². The molecule has 0 bridgehead atoms. The van der Waals surface area contributed by atoms with Gasteiger partial charge in [0.1, 0.15) is 6.07 Å². The number of hydrogen-bond donors (Lipinski definition) is 1. The highest BCUT2D eigenvalue weighted by molar-refractivity contribution is 5.82. The van der Waals surface area contributed by atoms with Gasteiger partial charge in [-0.25, -0.2) is 0 Å². The number of halogens is 3. The number of piperazine rings is 1. The quantitative estimate of drug-likeness (QED) is 0.663. The highest BCUT2D eigenvalue weighted by atomic mass is 19.4. The van der Waals surface area contributed by atoms with Crippen molar-refractivity contribution in [2.24, 2.45) is 5.92 Å². The number of rotatable bonds is 5. The van der Waals surface area contributed by atoms with Gasteiger partial charge in [-0.1, -0.05) is 12.1 Å². The van der Waals surface area contributed by atoms with Crippen LogP contribution in [0.15, 0.2) is 42.5 Å². The van der Waals surface area contributed by atoms with Crippen LogP contribution >= 0.6 is 0 Å². The zero-order valence-electron chi connectivity index (χ0n) is 20.5. The maximum Gasteiger partial charge on any atom is 0.416 e. The zero-order valence-corrected chi connectivity index (χ0v) is 20.5. The number of para-hydroxylation sites is 1. The van der Waals surface area contributed by atoms with Crippen LogP contribution in [0.2, 0.25) is 0 Å². The molecule has 1 amide bonds. The van der Waals surface area contributed by atoms with Crippen molar-refractivity contribution in [2.75, 3.05) is 68.8 Å². The summed E-state index contributed by atoms with van der Waals surface area (Å²) in [6.07, 6.45) is -4.21. The van der Waals surface area contributed by atoms with Gasteiger partial charge in [0.15, 0.2) is 0 Å². The van der Waals surface area contributed by atoms with Crippen molar-refractivity contribution >= 4 is 17.3 Å². The topological polar surface area (TPSA) is 71.8 Å². The molecule has 37 heavy (non-hydrogen) atoms. The number of nitriles is 1. The summed E-state index contributed by atoms with van der Waals surface area (Å²) in [7, 11) is 0. The Bertz CT molecular complexity index is 1180. The molecule has 0 unspecified atom stereocenters. The van der Waals surface area contributed by atoms with Crippen molar-refractivity contribution < 1.29 is 22.7 Å². The predicted octanol–water partition coefficient (Wildman–Crippen LogP) is 2.89. The molecule has 10 heteroatoms. The number of carbonyl (C=O) groups excluding carboxylic acids is 1. The molecule has 2 aromatic rings. The van der Waals surface area contributed by atoms with E-state index in [4.69, 9.17) is 4.74 Å². The van der Waals surface area contributed by atoms with Crippen LogP contribution in [0.5, 0.6) is 0 Å². The Kier molecular flexibility index (Phi) is 7.26. The number of nitrogens with one attached hydrogen (secondary N) is 1. The standard InChI is InChI=1S/C27H30F3N5O2/c28-27(29,30)21-5-6-24-20(15-21)16-22(26(36)32-7-8-33-11-13-37-14-12-33)25-18-34(9-10-35(24)25)23-4-2-1-3-19(23)17-31/h1-6,15,22,25H,7-14,16,18H2,(H,32,36)/t22-,25+/m1/s1. The maximum absolute atomic E-state index is 13.5. The summed E-state index contributed by atoms with van der Waals surface area (Å²) in [5, 5.41) is 12.6. The third-order valence-electron chi connectivity index (χ3n) is 7.57. The monoisotopic (exact) mass is 513 g/mol. The molecule has 0 saturated carbocycles. The van der Waals surface area contributed by atoms with Crippen molar-refractivity contribution in [3.05, 3.63) is 59.2 Å². The Hall–Kier alpha value is -3.29. The zero-order chi connectivity index (χ0) is 26.0. The van der Waals surface area contributed by atoms with E-state index in [0.29, 0.717) is 57.1 Å². The number of benzene rings is 2. The van der Waals surface area contributed by atoms with Crippen LogP contribution in [0.1, 0.15) is 16.7 Å². The fourth-order valence-electron chi connectivity index (χ4n) is 5.66.